The van der Waals surface area contributed by atoms with E-state index in [2.05, 4.69) is 33.7 Å². The van der Waals surface area contributed by atoms with Crippen LogP contribution in [0.5, 0.6) is 0 Å². The summed E-state index contributed by atoms with van der Waals surface area (Å²) >= 11 is 0. The second kappa shape index (κ2) is 7.04. The number of piperidine rings is 1. The molecular formula is C22H27N3O2. The molecule has 3 aliphatic heterocycles. The number of furan rings is 1. The average molecular weight is 365 g/mol. The lowest BCUT2D eigenvalue weighted by atomic mass is 9.95. The van der Waals surface area contributed by atoms with E-state index in [1.807, 2.05) is 12.1 Å². The highest BCUT2D eigenvalue weighted by Crippen LogP contribution is 2.34. The molecule has 5 rings (SSSR count). The fraction of sp³-hybridized carbons (Fsp3) is 0.500. The molecule has 2 bridgehead atoms. The smallest absolute Gasteiger partial charge is 0.287 e. The predicted octanol–water partition coefficient (Wildman–Crippen LogP) is 3.56. The summed E-state index contributed by atoms with van der Waals surface area (Å²) in [6.45, 7) is 2.17. The van der Waals surface area contributed by atoms with Crippen LogP contribution in [0.15, 0.2) is 40.8 Å². The van der Waals surface area contributed by atoms with Crippen LogP contribution in [0.2, 0.25) is 0 Å². The maximum Gasteiger partial charge on any atom is 0.287 e. The van der Waals surface area contributed by atoms with Gasteiger partial charge in [0.25, 0.3) is 5.91 Å². The van der Waals surface area contributed by atoms with E-state index >= 15 is 0 Å². The molecule has 3 fully saturated rings. The zero-order chi connectivity index (χ0) is 18.2. The van der Waals surface area contributed by atoms with Crippen LogP contribution in [-0.4, -0.2) is 37.1 Å². The number of carbonyl (C=O) groups is 1. The van der Waals surface area contributed by atoms with Gasteiger partial charge in [-0.05, 0) is 62.8 Å². The maximum atomic E-state index is 12.7. The van der Waals surface area contributed by atoms with Gasteiger partial charge in [0.1, 0.15) is 5.76 Å². The Hall–Kier alpha value is -2.27. The van der Waals surface area contributed by atoms with Gasteiger partial charge in [0.2, 0.25) is 0 Å². The molecule has 3 saturated heterocycles. The van der Waals surface area contributed by atoms with Crippen LogP contribution in [0.1, 0.15) is 49.1 Å². The number of amides is 1. The molecule has 0 aliphatic carbocycles. The summed E-state index contributed by atoms with van der Waals surface area (Å²) < 4.78 is 5.99. The number of anilines is 1. The van der Waals surface area contributed by atoms with Crippen LogP contribution in [0.25, 0.3) is 11.3 Å². The van der Waals surface area contributed by atoms with Crippen molar-refractivity contribution in [1.29, 1.82) is 0 Å². The number of hydrogen-bond acceptors (Lipinski definition) is 4. The van der Waals surface area contributed by atoms with E-state index in [9.17, 15) is 4.79 Å². The third kappa shape index (κ3) is 3.25. The minimum absolute atomic E-state index is 0.101. The minimum atomic E-state index is -0.101. The van der Waals surface area contributed by atoms with Crippen molar-refractivity contribution in [2.75, 3.05) is 18.0 Å². The molecule has 4 heterocycles. The third-order valence-electron chi connectivity index (χ3n) is 6.31. The van der Waals surface area contributed by atoms with Gasteiger partial charge >= 0.3 is 0 Å². The molecule has 27 heavy (non-hydrogen) atoms. The second-order valence-electron chi connectivity index (χ2n) is 8.09. The van der Waals surface area contributed by atoms with E-state index in [-0.39, 0.29) is 11.9 Å². The molecule has 5 nitrogen and oxygen atoms in total. The Morgan fingerprint density at radius 3 is 2.70 bits per heavy atom. The van der Waals surface area contributed by atoms with Gasteiger partial charge in [-0.1, -0.05) is 12.1 Å². The average Bonchev–Trinajstić information content (AvgIpc) is 3.46. The van der Waals surface area contributed by atoms with Crippen LogP contribution in [0, 0.1) is 0 Å². The summed E-state index contributed by atoms with van der Waals surface area (Å²) in [5, 5.41) is 6.72. The summed E-state index contributed by atoms with van der Waals surface area (Å²) in [5.41, 5.74) is 2.27. The van der Waals surface area contributed by atoms with Gasteiger partial charge in [-0.3, -0.25) is 4.79 Å². The molecule has 2 aromatic rings. The summed E-state index contributed by atoms with van der Waals surface area (Å²) in [7, 11) is 0. The number of para-hydroxylation sites is 1. The van der Waals surface area contributed by atoms with Crippen molar-refractivity contribution in [1.82, 2.24) is 10.6 Å². The van der Waals surface area contributed by atoms with Gasteiger partial charge < -0.3 is 20.0 Å². The standard InChI is InChI=1S/C22H27N3O2/c26-22(24-18-14-15-8-9-17(18)23-15)21-11-10-20(27-21)16-6-2-3-7-19(16)25-12-4-1-5-13-25/h2-3,6-7,10-11,15,17-18,23H,1,4-5,8-9,12-14H2,(H,24,26). The molecule has 3 aliphatic rings. The molecular weight excluding hydrogens is 338 g/mol. The van der Waals surface area contributed by atoms with E-state index in [0.717, 1.165) is 37.3 Å². The van der Waals surface area contributed by atoms with Crippen molar-refractivity contribution in [2.45, 2.75) is 56.7 Å². The first-order valence-corrected chi connectivity index (χ1v) is 10.3. The van der Waals surface area contributed by atoms with Crippen molar-refractivity contribution in [3.63, 3.8) is 0 Å². The SMILES string of the molecule is O=C(NC1CC2CCC1N2)c1ccc(-c2ccccc2N2CCCCC2)o1. The van der Waals surface area contributed by atoms with E-state index < -0.39 is 0 Å². The summed E-state index contributed by atoms with van der Waals surface area (Å²) in [6.07, 6.45) is 7.19. The predicted molar refractivity (Wildman–Crippen MR) is 106 cm³/mol. The fourth-order valence-corrected chi connectivity index (χ4v) is 4.92. The Kier molecular flexibility index (Phi) is 4.40. The molecule has 0 saturated carbocycles. The molecule has 1 amide bonds. The lowest BCUT2D eigenvalue weighted by Gasteiger charge is -2.30. The number of hydrogen-bond donors (Lipinski definition) is 2. The minimum Gasteiger partial charge on any atom is -0.451 e. The van der Waals surface area contributed by atoms with E-state index in [1.165, 1.54) is 31.4 Å². The van der Waals surface area contributed by atoms with Crippen LogP contribution in [-0.2, 0) is 0 Å². The van der Waals surface area contributed by atoms with Crippen molar-refractivity contribution >= 4 is 11.6 Å². The molecule has 1 aromatic heterocycles. The zero-order valence-electron chi connectivity index (χ0n) is 15.6. The van der Waals surface area contributed by atoms with Crippen molar-refractivity contribution in [3.8, 4) is 11.3 Å². The summed E-state index contributed by atoms with van der Waals surface area (Å²) in [5.74, 6) is 1.07. The highest BCUT2D eigenvalue weighted by atomic mass is 16.4. The Balaban J connectivity index is 1.34. The fourth-order valence-electron chi connectivity index (χ4n) is 4.92. The number of carbonyl (C=O) groups excluding carboxylic acids is 1. The van der Waals surface area contributed by atoms with Gasteiger partial charge in [0.05, 0.1) is 0 Å². The topological polar surface area (TPSA) is 57.5 Å². The van der Waals surface area contributed by atoms with Crippen LogP contribution >= 0.6 is 0 Å². The maximum absolute atomic E-state index is 12.7. The molecule has 2 N–H and O–H groups in total. The third-order valence-corrected chi connectivity index (χ3v) is 6.31. The lowest BCUT2D eigenvalue weighted by molar-refractivity contribution is 0.0903. The van der Waals surface area contributed by atoms with Crippen molar-refractivity contribution in [3.05, 3.63) is 42.2 Å². The largest absolute Gasteiger partial charge is 0.451 e. The molecule has 142 valence electrons. The summed E-state index contributed by atoms with van der Waals surface area (Å²) in [4.78, 5) is 15.1. The highest BCUT2D eigenvalue weighted by Gasteiger charge is 2.40. The molecule has 0 radical (unpaired) electrons. The van der Waals surface area contributed by atoms with Gasteiger partial charge in [-0.25, -0.2) is 0 Å². The van der Waals surface area contributed by atoms with Crippen molar-refractivity contribution in [2.24, 2.45) is 0 Å². The lowest BCUT2D eigenvalue weighted by Crippen LogP contribution is -2.42. The number of nitrogens with one attached hydrogen (secondary N) is 2. The normalized spacial score (nSPS) is 27.1. The van der Waals surface area contributed by atoms with Crippen LogP contribution in [0.4, 0.5) is 5.69 Å². The van der Waals surface area contributed by atoms with Gasteiger partial charge in [0.15, 0.2) is 5.76 Å². The Labute approximate surface area is 160 Å². The Bertz CT molecular complexity index is 824. The van der Waals surface area contributed by atoms with E-state index in [0.29, 0.717) is 17.8 Å². The van der Waals surface area contributed by atoms with E-state index in [4.69, 9.17) is 4.42 Å². The number of fused-ring (bicyclic) bond motifs is 2. The monoisotopic (exact) mass is 365 g/mol. The first kappa shape index (κ1) is 16.9. The molecule has 5 heteroatoms. The first-order chi connectivity index (χ1) is 13.3. The molecule has 0 spiro atoms. The molecule has 3 unspecified atom stereocenters. The first-order valence-electron chi connectivity index (χ1n) is 10.3. The second-order valence-corrected chi connectivity index (χ2v) is 8.09. The highest BCUT2D eigenvalue weighted by molar-refractivity contribution is 5.92. The van der Waals surface area contributed by atoms with E-state index in [1.54, 1.807) is 6.07 Å². The van der Waals surface area contributed by atoms with Crippen LogP contribution in [0.3, 0.4) is 0 Å². The van der Waals surface area contributed by atoms with Crippen molar-refractivity contribution < 1.29 is 9.21 Å². The Morgan fingerprint density at radius 2 is 1.93 bits per heavy atom. The number of rotatable bonds is 4. The molecule has 3 atom stereocenters. The van der Waals surface area contributed by atoms with Gasteiger partial charge in [-0.15, -0.1) is 0 Å². The van der Waals surface area contributed by atoms with Crippen LogP contribution < -0.4 is 15.5 Å². The zero-order valence-corrected chi connectivity index (χ0v) is 15.6. The quantitative estimate of drug-likeness (QED) is 0.870. The van der Waals surface area contributed by atoms with Gasteiger partial charge in [-0.2, -0.15) is 0 Å². The Morgan fingerprint density at radius 1 is 1.07 bits per heavy atom. The molecule has 1 aromatic carbocycles. The van der Waals surface area contributed by atoms with Gasteiger partial charge in [0, 0.05) is 42.5 Å². The number of nitrogens with zero attached hydrogens (tertiary/aromatic N) is 1. The summed E-state index contributed by atoms with van der Waals surface area (Å²) in [6, 6.07) is 13.3. The number of benzene rings is 1.